The van der Waals surface area contributed by atoms with Gasteiger partial charge < -0.3 is 14.4 Å². The number of rotatable bonds is 4. The van der Waals surface area contributed by atoms with Crippen LogP contribution in [0.4, 0.5) is 4.79 Å². The second-order valence-corrected chi connectivity index (χ2v) is 9.62. The average molecular weight is 486 g/mol. The molecule has 2 unspecified atom stereocenters. The lowest BCUT2D eigenvalue weighted by Crippen LogP contribution is -2.49. The average Bonchev–Trinajstić information content (AvgIpc) is 3.13. The molecule has 0 aliphatic carbocycles. The molecule has 1 N–H and O–H groups in total. The molecule has 0 radical (unpaired) electrons. The maximum Gasteiger partial charge on any atom is 0.408 e. The predicted molar refractivity (Wildman–Crippen MR) is 134 cm³/mol. The van der Waals surface area contributed by atoms with Crippen molar-refractivity contribution in [1.82, 2.24) is 24.2 Å². The van der Waals surface area contributed by atoms with E-state index in [9.17, 15) is 14.7 Å². The SMILES string of the molecule is Cc1cccc(COc2cnn(-c3ccc4c5c(n(C)c4c3)CC3CCCC5N3C(=O)O)c(=O)c2)n1. The van der Waals surface area contributed by atoms with Crippen molar-refractivity contribution < 1.29 is 14.6 Å². The van der Waals surface area contributed by atoms with Crippen LogP contribution in [0.3, 0.4) is 0 Å². The number of ether oxygens (including phenoxy) is 1. The second kappa shape index (κ2) is 8.51. The number of carboxylic acid groups (broad SMARTS) is 1. The van der Waals surface area contributed by atoms with E-state index in [1.807, 2.05) is 50.4 Å². The molecule has 6 rings (SSSR count). The lowest BCUT2D eigenvalue weighted by molar-refractivity contribution is 0.0622. The minimum Gasteiger partial charge on any atom is -0.485 e. The van der Waals surface area contributed by atoms with Crippen molar-refractivity contribution >= 4 is 17.0 Å². The van der Waals surface area contributed by atoms with Crippen LogP contribution in [-0.2, 0) is 20.1 Å². The summed E-state index contributed by atoms with van der Waals surface area (Å²) in [5, 5.41) is 15.3. The zero-order chi connectivity index (χ0) is 25.0. The zero-order valence-corrected chi connectivity index (χ0v) is 20.2. The summed E-state index contributed by atoms with van der Waals surface area (Å²) in [6.07, 6.45) is 4.14. The number of hydrogen-bond donors (Lipinski definition) is 1. The highest BCUT2D eigenvalue weighted by molar-refractivity contribution is 5.88. The van der Waals surface area contributed by atoms with Gasteiger partial charge in [-0.25, -0.2) is 4.79 Å². The summed E-state index contributed by atoms with van der Waals surface area (Å²) in [5.74, 6) is 0.385. The van der Waals surface area contributed by atoms with Gasteiger partial charge in [-0.3, -0.25) is 14.7 Å². The molecule has 184 valence electrons. The van der Waals surface area contributed by atoms with Crippen LogP contribution < -0.4 is 10.3 Å². The van der Waals surface area contributed by atoms with Crippen LogP contribution in [0.25, 0.3) is 16.6 Å². The summed E-state index contributed by atoms with van der Waals surface area (Å²) in [6.45, 7) is 2.17. The van der Waals surface area contributed by atoms with Crippen molar-refractivity contribution in [3.63, 3.8) is 0 Å². The minimum absolute atomic E-state index is 0.0167. The van der Waals surface area contributed by atoms with Gasteiger partial charge >= 0.3 is 6.09 Å². The first-order valence-corrected chi connectivity index (χ1v) is 12.2. The standard InChI is InChI=1S/C27H27N5O4/c1-16-5-3-6-17(29-16)15-36-20-13-25(33)32(28-14-20)19-9-10-21-23(12-19)30(2)24-11-18-7-4-8-22(26(21)24)31(18)27(34)35/h3,5-6,9-10,12-14,18,22H,4,7-8,11,15H2,1-2H3,(H,34,35). The van der Waals surface area contributed by atoms with Crippen LogP contribution in [0.15, 0.2) is 53.5 Å². The topological polar surface area (TPSA) is 102 Å². The molecule has 1 aromatic carbocycles. The number of hydrogen-bond acceptors (Lipinski definition) is 5. The Morgan fingerprint density at radius 1 is 1.19 bits per heavy atom. The minimum atomic E-state index is -0.847. The first-order chi connectivity index (χ1) is 17.4. The van der Waals surface area contributed by atoms with Crippen LogP contribution in [0.5, 0.6) is 5.75 Å². The van der Waals surface area contributed by atoms with E-state index < -0.39 is 6.09 Å². The highest BCUT2D eigenvalue weighted by atomic mass is 16.5. The molecule has 4 aromatic rings. The summed E-state index contributed by atoms with van der Waals surface area (Å²) in [4.78, 5) is 31.0. The highest BCUT2D eigenvalue weighted by Gasteiger charge is 2.42. The van der Waals surface area contributed by atoms with Gasteiger partial charge in [0.05, 0.1) is 29.1 Å². The summed E-state index contributed by atoms with van der Waals surface area (Å²) < 4.78 is 9.24. The number of benzene rings is 1. The first kappa shape index (κ1) is 22.3. The largest absolute Gasteiger partial charge is 0.485 e. The molecule has 9 heteroatoms. The Hall–Kier alpha value is -4.14. The third kappa shape index (κ3) is 3.62. The molecular weight excluding hydrogens is 458 g/mol. The molecule has 2 bridgehead atoms. The number of carbonyl (C=O) groups is 1. The van der Waals surface area contributed by atoms with E-state index in [4.69, 9.17) is 4.74 Å². The summed E-state index contributed by atoms with van der Waals surface area (Å²) in [7, 11) is 2.02. The van der Waals surface area contributed by atoms with E-state index >= 15 is 0 Å². The molecular formula is C27H27N5O4. The number of fused-ring (bicyclic) bond motifs is 6. The van der Waals surface area contributed by atoms with E-state index in [1.165, 1.54) is 22.6 Å². The maximum absolute atomic E-state index is 12.9. The van der Waals surface area contributed by atoms with Crippen LogP contribution in [0, 0.1) is 6.92 Å². The Morgan fingerprint density at radius 2 is 2.06 bits per heavy atom. The van der Waals surface area contributed by atoms with Gasteiger partial charge in [0, 0.05) is 47.9 Å². The van der Waals surface area contributed by atoms with Crippen LogP contribution in [0.2, 0.25) is 0 Å². The van der Waals surface area contributed by atoms with Crippen molar-refractivity contribution in [3.8, 4) is 11.4 Å². The molecule has 0 spiro atoms. The number of piperidine rings is 1. The molecule has 9 nitrogen and oxygen atoms in total. The van der Waals surface area contributed by atoms with Crippen LogP contribution in [0.1, 0.15) is 47.9 Å². The Labute approximate surface area is 207 Å². The lowest BCUT2D eigenvalue weighted by atomic mass is 9.82. The Balaban J connectivity index is 1.33. The molecule has 3 aromatic heterocycles. The van der Waals surface area contributed by atoms with Gasteiger partial charge in [0.2, 0.25) is 0 Å². The van der Waals surface area contributed by atoms with Crippen molar-refractivity contribution in [2.75, 3.05) is 0 Å². The van der Waals surface area contributed by atoms with E-state index in [0.29, 0.717) is 17.9 Å². The van der Waals surface area contributed by atoms with Gasteiger partial charge in [0.25, 0.3) is 5.56 Å². The first-order valence-electron chi connectivity index (χ1n) is 12.2. The molecule has 2 aliphatic heterocycles. The smallest absolute Gasteiger partial charge is 0.408 e. The Bertz CT molecular complexity index is 1560. The summed E-state index contributed by atoms with van der Waals surface area (Å²) in [6, 6.07) is 12.8. The van der Waals surface area contributed by atoms with Gasteiger partial charge in [-0.2, -0.15) is 9.78 Å². The van der Waals surface area contributed by atoms with Gasteiger partial charge in [-0.15, -0.1) is 0 Å². The van der Waals surface area contributed by atoms with Crippen molar-refractivity contribution in [2.45, 2.75) is 51.3 Å². The Morgan fingerprint density at radius 3 is 2.83 bits per heavy atom. The number of nitrogens with zero attached hydrogens (tertiary/aromatic N) is 5. The molecule has 0 saturated carbocycles. The summed E-state index contributed by atoms with van der Waals surface area (Å²) in [5.41, 5.74) is 5.29. The predicted octanol–water partition coefficient (Wildman–Crippen LogP) is 4.14. The highest BCUT2D eigenvalue weighted by Crippen LogP contribution is 2.46. The van der Waals surface area contributed by atoms with Gasteiger partial charge in [-0.1, -0.05) is 12.1 Å². The van der Waals surface area contributed by atoms with Gasteiger partial charge in [0.15, 0.2) is 0 Å². The quantitative estimate of drug-likeness (QED) is 0.466. The number of amides is 1. The second-order valence-electron chi connectivity index (χ2n) is 9.62. The lowest BCUT2D eigenvalue weighted by Gasteiger charge is -2.44. The number of aryl methyl sites for hydroxylation is 2. The van der Waals surface area contributed by atoms with Gasteiger partial charge in [-0.05, 0) is 50.5 Å². The van der Waals surface area contributed by atoms with Crippen LogP contribution in [-0.4, -0.2) is 41.5 Å². The molecule has 1 fully saturated rings. The van der Waals surface area contributed by atoms with E-state index in [1.54, 1.807) is 4.90 Å². The number of pyridine rings is 1. The van der Waals surface area contributed by atoms with Crippen molar-refractivity contribution in [3.05, 3.63) is 81.7 Å². The third-order valence-electron chi connectivity index (χ3n) is 7.43. The fourth-order valence-corrected chi connectivity index (χ4v) is 5.83. The van der Waals surface area contributed by atoms with Crippen LogP contribution >= 0.6 is 0 Å². The van der Waals surface area contributed by atoms with Crippen molar-refractivity contribution in [1.29, 1.82) is 0 Å². The third-order valence-corrected chi connectivity index (χ3v) is 7.43. The maximum atomic E-state index is 12.9. The van der Waals surface area contributed by atoms with E-state index in [-0.39, 0.29) is 24.2 Å². The summed E-state index contributed by atoms with van der Waals surface area (Å²) >= 11 is 0. The van der Waals surface area contributed by atoms with Gasteiger partial charge in [0.1, 0.15) is 12.4 Å². The molecule has 2 atom stereocenters. The molecule has 2 aliphatic rings. The molecule has 36 heavy (non-hydrogen) atoms. The number of aromatic nitrogens is 4. The zero-order valence-electron chi connectivity index (χ0n) is 20.2. The Kier molecular flexibility index (Phi) is 5.28. The molecule has 5 heterocycles. The molecule has 1 saturated heterocycles. The fourth-order valence-electron chi connectivity index (χ4n) is 5.83. The van der Waals surface area contributed by atoms with E-state index in [2.05, 4.69) is 14.6 Å². The van der Waals surface area contributed by atoms with Crippen molar-refractivity contribution in [2.24, 2.45) is 7.05 Å². The molecule has 1 amide bonds. The monoisotopic (exact) mass is 485 g/mol. The van der Waals surface area contributed by atoms with E-state index in [0.717, 1.165) is 47.1 Å². The normalized spacial score (nSPS) is 18.8. The fraction of sp³-hybridized carbons (Fsp3) is 0.333.